The van der Waals surface area contributed by atoms with Gasteiger partial charge in [0.05, 0.1) is 5.03 Å². The molecule has 8 nitrogen and oxygen atoms in total. The van der Waals surface area contributed by atoms with Crippen LogP contribution >= 0.6 is 35.3 Å². The molecule has 2 atom stereocenters. The quantitative estimate of drug-likeness (QED) is 0.510. The maximum Gasteiger partial charge on any atom is 0.352 e. The third-order valence-corrected chi connectivity index (χ3v) is 7.74. The molecule has 2 amide bonds. The second-order valence-electron chi connectivity index (χ2n) is 5.96. The van der Waals surface area contributed by atoms with Gasteiger partial charge in [0, 0.05) is 42.1 Å². The Kier molecular flexibility index (Phi) is 6.11. The van der Waals surface area contributed by atoms with E-state index < -0.39 is 29.3 Å². The van der Waals surface area contributed by atoms with Crippen LogP contribution in [0.15, 0.2) is 21.7 Å². The number of carboxylic acids is 1. The van der Waals surface area contributed by atoms with E-state index in [2.05, 4.69) is 0 Å². The Hall–Kier alpha value is -1.59. The van der Waals surface area contributed by atoms with Crippen molar-refractivity contribution in [1.82, 2.24) is 9.80 Å². The summed E-state index contributed by atoms with van der Waals surface area (Å²) in [7, 11) is 0. The number of thioether (sulfide) groups is 3. The van der Waals surface area contributed by atoms with Gasteiger partial charge in [0.2, 0.25) is 5.91 Å². The average molecular weight is 431 g/mol. The molecule has 3 aliphatic heterocycles. The number of esters is 1. The van der Waals surface area contributed by atoms with Crippen molar-refractivity contribution < 1.29 is 29.0 Å². The lowest BCUT2D eigenvalue weighted by Gasteiger charge is -2.52. The Balaban J connectivity index is 1.88. The van der Waals surface area contributed by atoms with Crippen molar-refractivity contribution in [3.8, 4) is 0 Å². The van der Waals surface area contributed by atoms with E-state index in [-0.39, 0.29) is 18.2 Å². The monoisotopic (exact) mass is 430 g/mol. The Bertz CT molecular complexity index is 765. The third-order valence-electron chi connectivity index (χ3n) is 4.16. The van der Waals surface area contributed by atoms with E-state index in [4.69, 9.17) is 4.74 Å². The zero-order valence-electron chi connectivity index (χ0n) is 14.7. The molecule has 146 valence electrons. The average Bonchev–Trinajstić information content (AvgIpc) is 2.63. The van der Waals surface area contributed by atoms with Crippen molar-refractivity contribution >= 4 is 59.0 Å². The number of carbonyl (C=O) groups excluding carboxylic acids is 3. The Labute approximate surface area is 168 Å². The van der Waals surface area contributed by atoms with Crippen LogP contribution in [0, 0.1) is 0 Å². The van der Waals surface area contributed by atoms with Crippen LogP contribution in [0.3, 0.4) is 0 Å². The van der Waals surface area contributed by atoms with Gasteiger partial charge < -0.3 is 9.84 Å². The van der Waals surface area contributed by atoms with Crippen molar-refractivity contribution in [2.24, 2.45) is 0 Å². The molecule has 11 heteroatoms. The minimum absolute atomic E-state index is 0.149. The van der Waals surface area contributed by atoms with Crippen molar-refractivity contribution in [3.63, 3.8) is 0 Å². The van der Waals surface area contributed by atoms with Crippen LogP contribution in [-0.4, -0.2) is 73.9 Å². The third kappa shape index (κ3) is 3.85. The van der Waals surface area contributed by atoms with Crippen molar-refractivity contribution in [2.75, 3.05) is 23.9 Å². The van der Waals surface area contributed by atoms with Crippen LogP contribution in [0.5, 0.6) is 0 Å². The highest BCUT2D eigenvalue weighted by atomic mass is 32.2. The number of hydrogen-bond donors (Lipinski definition) is 1. The number of β-lactam (4-membered cyclic amide) rings is 1. The summed E-state index contributed by atoms with van der Waals surface area (Å²) < 4.78 is 4.92. The fourth-order valence-corrected chi connectivity index (χ4v) is 6.57. The number of fused-ring (bicyclic) bond motifs is 1. The first-order valence-corrected chi connectivity index (χ1v) is 11.2. The molecule has 3 aliphatic rings. The number of rotatable bonds is 5. The van der Waals surface area contributed by atoms with Gasteiger partial charge in [-0.05, 0) is 0 Å². The van der Waals surface area contributed by atoms with Crippen molar-refractivity contribution in [2.45, 2.75) is 25.3 Å². The predicted octanol–water partition coefficient (Wildman–Crippen LogP) is 1.30. The first-order valence-electron chi connectivity index (χ1n) is 8.10. The maximum absolute atomic E-state index is 12.9. The molecule has 0 spiro atoms. The lowest BCUT2D eigenvalue weighted by molar-refractivity contribution is -0.157. The molecule has 1 saturated heterocycles. The summed E-state index contributed by atoms with van der Waals surface area (Å²) in [5.41, 5.74) is 0.228. The molecule has 0 radical (unpaired) electrons. The van der Waals surface area contributed by atoms with E-state index >= 15 is 0 Å². The van der Waals surface area contributed by atoms with Crippen LogP contribution in [0.4, 0.5) is 0 Å². The molecule has 27 heavy (non-hydrogen) atoms. The normalized spacial score (nSPS) is 24.6. The molecule has 0 bridgehead atoms. The molecule has 0 aromatic heterocycles. The predicted molar refractivity (Wildman–Crippen MR) is 104 cm³/mol. The van der Waals surface area contributed by atoms with E-state index in [0.29, 0.717) is 11.3 Å². The summed E-state index contributed by atoms with van der Waals surface area (Å²) in [5, 5.41) is 11.7. The van der Waals surface area contributed by atoms with E-state index in [1.54, 1.807) is 11.8 Å². The van der Waals surface area contributed by atoms with Crippen molar-refractivity contribution in [3.05, 3.63) is 21.7 Å². The fourth-order valence-electron chi connectivity index (χ4n) is 3.04. The smallest absolute Gasteiger partial charge is 0.352 e. The maximum atomic E-state index is 12.9. The van der Waals surface area contributed by atoms with Crippen LogP contribution in [0.25, 0.3) is 0 Å². The number of carbonyl (C=O) groups is 4. The van der Waals surface area contributed by atoms with Gasteiger partial charge in [-0.2, -0.15) is 0 Å². The van der Waals surface area contributed by atoms with Crippen LogP contribution in [0.1, 0.15) is 13.8 Å². The number of amides is 2. The van der Waals surface area contributed by atoms with Crippen molar-refractivity contribution in [1.29, 1.82) is 0 Å². The lowest BCUT2D eigenvalue weighted by atomic mass is 10.0. The summed E-state index contributed by atoms with van der Waals surface area (Å²) in [5.74, 6) is -0.353. The molecule has 0 saturated carbocycles. The molecular weight excluding hydrogens is 412 g/mol. The standard InChI is InChI=1S/C16H18N2O6S3/c1-8(19)17(11-7-25-3-4-26-11)13-14(21)18-12(16(22)23)10(5-24-9(2)20)6-27-15(13)18/h7,13,15H,3-6H2,1-2H3,(H,22,23). The van der Waals surface area contributed by atoms with Crippen LogP contribution in [0.2, 0.25) is 0 Å². The molecular formula is C16H18N2O6S3. The highest BCUT2D eigenvalue weighted by Crippen LogP contribution is 2.45. The molecule has 1 N–H and O–H groups in total. The minimum Gasteiger partial charge on any atom is -0.477 e. The number of ether oxygens (including phenoxy) is 1. The second-order valence-corrected chi connectivity index (χ2v) is 9.15. The summed E-state index contributed by atoms with van der Waals surface area (Å²) in [6.45, 7) is 2.48. The van der Waals surface area contributed by atoms with E-state index in [9.17, 15) is 24.3 Å². The van der Waals surface area contributed by atoms with Gasteiger partial charge in [-0.1, -0.05) is 0 Å². The fraction of sp³-hybridized carbons (Fsp3) is 0.500. The number of hydrogen-bond acceptors (Lipinski definition) is 8. The van der Waals surface area contributed by atoms with Gasteiger partial charge in [-0.15, -0.1) is 35.3 Å². The Morgan fingerprint density at radius 1 is 1.33 bits per heavy atom. The van der Waals surface area contributed by atoms with Crippen LogP contribution in [-0.2, 0) is 23.9 Å². The molecule has 1 fully saturated rings. The van der Waals surface area contributed by atoms with Gasteiger partial charge >= 0.3 is 11.9 Å². The first kappa shape index (κ1) is 20.2. The SMILES string of the molecule is CC(=O)OCC1=C(C(=O)O)N2C(=O)C(N(C(C)=O)C3=CSCCS3)C2SC1. The van der Waals surface area contributed by atoms with Gasteiger partial charge in [-0.25, -0.2) is 4.79 Å². The number of carboxylic acid groups (broad SMARTS) is 1. The number of aliphatic carboxylic acids is 1. The second kappa shape index (κ2) is 8.19. The molecule has 3 rings (SSSR count). The highest BCUT2D eigenvalue weighted by molar-refractivity contribution is 8.09. The Morgan fingerprint density at radius 3 is 2.63 bits per heavy atom. The number of nitrogens with zero attached hydrogens (tertiary/aromatic N) is 2. The molecule has 0 aromatic carbocycles. The molecule has 2 unspecified atom stereocenters. The van der Waals surface area contributed by atoms with Gasteiger partial charge in [-0.3, -0.25) is 24.2 Å². The first-order chi connectivity index (χ1) is 12.8. The van der Waals surface area contributed by atoms with Crippen LogP contribution < -0.4 is 0 Å². The largest absolute Gasteiger partial charge is 0.477 e. The van der Waals surface area contributed by atoms with E-state index in [0.717, 1.165) is 16.5 Å². The summed E-state index contributed by atoms with van der Waals surface area (Å²) in [4.78, 5) is 50.6. The topological polar surface area (TPSA) is 104 Å². The zero-order valence-corrected chi connectivity index (χ0v) is 17.1. The highest BCUT2D eigenvalue weighted by Gasteiger charge is 2.57. The lowest BCUT2D eigenvalue weighted by Crippen LogP contribution is -2.70. The minimum atomic E-state index is -1.24. The summed E-state index contributed by atoms with van der Waals surface area (Å²) in [6.07, 6.45) is 0. The molecule has 0 aromatic rings. The van der Waals surface area contributed by atoms with Gasteiger partial charge in [0.25, 0.3) is 5.91 Å². The summed E-state index contributed by atoms with van der Waals surface area (Å²) >= 11 is 4.47. The molecule has 0 aliphatic carbocycles. The van der Waals surface area contributed by atoms with E-state index in [1.807, 2.05) is 5.41 Å². The Morgan fingerprint density at radius 2 is 2.07 bits per heavy atom. The van der Waals surface area contributed by atoms with Gasteiger partial charge in [0.1, 0.15) is 23.7 Å². The van der Waals surface area contributed by atoms with E-state index in [1.165, 1.54) is 47.2 Å². The molecule has 3 heterocycles. The van der Waals surface area contributed by atoms with Gasteiger partial charge in [0.15, 0.2) is 0 Å². The summed E-state index contributed by atoms with van der Waals surface area (Å²) in [6, 6.07) is -0.727. The zero-order chi connectivity index (χ0) is 19.7.